The zero-order valence-electron chi connectivity index (χ0n) is 17.4. The van der Waals surface area contributed by atoms with Crippen LogP contribution in [-0.2, 0) is 4.79 Å². The summed E-state index contributed by atoms with van der Waals surface area (Å²) in [5, 5.41) is 8.51. The van der Waals surface area contributed by atoms with Crippen molar-refractivity contribution >= 4 is 17.7 Å². The molecule has 1 aromatic heterocycles. The quantitative estimate of drug-likeness (QED) is 0.626. The van der Waals surface area contributed by atoms with Gasteiger partial charge in [0.15, 0.2) is 11.5 Å². The molecule has 1 saturated heterocycles. The molecule has 0 aliphatic carbocycles. The Balaban J connectivity index is 1.72. The Kier molecular flexibility index (Phi) is 6.89. The van der Waals surface area contributed by atoms with E-state index in [2.05, 4.69) is 24.0 Å². The summed E-state index contributed by atoms with van der Waals surface area (Å²) in [7, 11) is 4.64. The van der Waals surface area contributed by atoms with Crippen molar-refractivity contribution in [3.05, 3.63) is 12.1 Å². The van der Waals surface area contributed by atoms with E-state index in [9.17, 15) is 4.79 Å². The van der Waals surface area contributed by atoms with Crippen LogP contribution >= 0.6 is 11.8 Å². The van der Waals surface area contributed by atoms with Crippen LogP contribution in [0.15, 0.2) is 21.8 Å². The largest absolute Gasteiger partial charge is 0.493 e. The summed E-state index contributed by atoms with van der Waals surface area (Å²) in [5.41, 5.74) is 0.642. The third kappa shape index (κ3) is 4.60. The number of carbonyl (C=O) groups is 1. The van der Waals surface area contributed by atoms with Crippen LogP contribution in [-0.4, -0.2) is 60.2 Å². The predicted molar refractivity (Wildman–Crippen MR) is 110 cm³/mol. The maximum absolute atomic E-state index is 12.7. The first-order chi connectivity index (χ1) is 14.0. The van der Waals surface area contributed by atoms with E-state index < -0.39 is 0 Å². The Morgan fingerprint density at radius 3 is 2.28 bits per heavy atom. The number of carbonyl (C=O) groups excluding carboxylic acids is 1. The molecule has 2 aromatic rings. The Morgan fingerprint density at radius 2 is 1.72 bits per heavy atom. The molecule has 1 aliphatic heterocycles. The summed E-state index contributed by atoms with van der Waals surface area (Å²) in [4.78, 5) is 14.7. The van der Waals surface area contributed by atoms with Gasteiger partial charge in [-0.3, -0.25) is 4.79 Å². The van der Waals surface area contributed by atoms with E-state index in [1.165, 1.54) is 18.2 Å². The lowest BCUT2D eigenvalue weighted by molar-refractivity contribution is -0.134. The molecule has 158 valence electrons. The number of aromatic nitrogens is 2. The van der Waals surface area contributed by atoms with Crippen LogP contribution in [0.25, 0.3) is 11.5 Å². The molecule has 0 spiro atoms. The van der Waals surface area contributed by atoms with Crippen molar-refractivity contribution < 1.29 is 23.4 Å². The van der Waals surface area contributed by atoms with Gasteiger partial charge in [0.25, 0.3) is 5.22 Å². The van der Waals surface area contributed by atoms with E-state index in [0.717, 1.165) is 12.8 Å². The van der Waals surface area contributed by atoms with Crippen molar-refractivity contribution in [3.63, 3.8) is 0 Å². The van der Waals surface area contributed by atoms with Gasteiger partial charge in [0, 0.05) is 17.6 Å². The number of thioether (sulfide) groups is 1. The molecular weight excluding hydrogens is 394 g/mol. The molecule has 1 aromatic carbocycles. The smallest absolute Gasteiger partial charge is 0.277 e. The van der Waals surface area contributed by atoms with Gasteiger partial charge in [0.2, 0.25) is 17.5 Å². The molecule has 1 amide bonds. The fraction of sp³-hybridized carbons (Fsp3) is 0.550. The molecular formula is C20H27N3O5S. The minimum absolute atomic E-state index is 0.0993. The first-order valence-electron chi connectivity index (χ1n) is 9.56. The zero-order valence-corrected chi connectivity index (χ0v) is 18.2. The number of amides is 1. The number of likely N-dealkylation sites (tertiary alicyclic amines) is 1. The third-order valence-electron chi connectivity index (χ3n) is 5.12. The van der Waals surface area contributed by atoms with Crippen molar-refractivity contribution in [1.29, 1.82) is 0 Å². The van der Waals surface area contributed by atoms with Gasteiger partial charge in [-0.1, -0.05) is 11.8 Å². The Bertz CT molecular complexity index is 821. The molecule has 2 atom stereocenters. The molecule has 0 radical (unpaired) electrons. The molecule has 1 aliphatic rings. The zero-order chi connectivity index (χ0) is 21.0. The first kappa shape index (κ1) is 21.3. The summed E-state index contributed by atoms with van der Waals surface area (Å²) < 4.78 is 21.8. The standard InChI is InChI=1S/C20H27N3O5S/c1-12-7-6-8-13(2)23(12)17(24)11-29-20-22-21-19(28-20)14-9-15(25-3)18(27-5)16(10-14)26-4/h9-10,12-13H,6-8,11H2,1-5H3/t12-,13-/m0/s1. The average Bonchev–Trinajstić information content (AvgIpc) is 3.20. The monoisotopic (exact) mass is 421 g/mol. The highest BCUT2D eigenvalue weighted by atomic mass is 32.2. The molecule has 0 unspecified atom stereocenters. The van der Waals surface area contributed by atoms with E-state index >= 15 is 0 Å². The maximum atomic E-state index is 12.7. The molecule has 8 nitrogen and oxygen atoms in total. The summed E-state index contributed by atoms with van der Waals surface area (Å²) in [6.07, 6.45) is 3.26. The highest BCUT2D eigenvalue weighted by molar-refractivity contribution is 7.99. The summed E-state index contributed by atoms with van der Waals surface area (Å²) in [5.74, 6) is 2.17. The van der Waals surface area contributed by atoms with Gasteiger partial charge in [-0.05, 0) is 45.2 Å². The van der Waals surface area contributed by atoms with Gasteiger partial charge < -0.3 is 23.5 Å². The second kappa shape index (κ2) is 9.39. The summed E-state index contributed by atoms with van der Waals surface area (Å²) in [6.45, 7) is 4.21. The van der Waals surface area contributed by atoms with Crippen molar-refractivity contribution in [2.24, 2.45) is 0 Å². The second-order valence-electron chi connectivity index (χ2n) is 7.01. The van der Waals surface area contributed by atoms with Crippen LogP contribution in [0, 0.1) is 0 Å². The molecule has 29 heavy (non-hydrogen) atoms. The number of nitrogens with zero attached hydrogens (tertiary/aromatic N) is 3. The first-order valence-corrected chi connectivity index (χ1v) is 10.5. The Hall–Kier alpha value is -2.42. The van der Waals surface area contributed by atoms with Crippen molar-refractivity contribution in [2.75, 3.05) is 27.1 Å². The number of benzene rings is 1. The second-order valence-corrected chi connectivity index (χ2v) is 7.93. The fourth-order valence-electron chi connectivity index (χ4n) is 3.70. The molecule has 1 fully saturated rings. The molecule has 9 heteroatoms. The van der Waals surface area contributed by atoms with Crippen LogP contribution in [0.4, 0.5) is 0 Å². The lowest BCUT2D eigenvalue weighted by Gasteiger charge is -2.39. The van der Waals surface area contributed by atoms with Crippen LogP contribution < -0.4 is 14.2 Å². The minimum atomic E-state index is 0.0993. The van der Waals surface area contributed by atoms with E-state index in [1.807, 2.05) is 4.90 Å². The third-order valence-corrected chi connectivity index (χ3v) is 5.92. The Labute approximate surface area is 174 Å². The van der Waals surface area contributed by atoms with Crippen LogP contribution in [0.3, 0.4) is 0 Å². The topological polar surface area (TPSA) is 86.9 Å². The van der Waals surface area contributed by atoms with E-state index in [4.69, 9.17) is 18.6 Å². The van der Waals surface area contributed by atoms with Crippen LogP contribution in [0.2, 0.25) is 0 Å². The predicted octanol–water partition coefficient (Wildman–Crippen LogP) is 3.64. The van der Waals surface area contributed by atoms with Crippen molar-refractivity contribution in [1.82, 2.24) is 15.1 Å². The summed E-state index contributed by atoms with van der Waals surface area (Å²) in [6, 6.07) is 4.02. The number of methoxy groups -OCH3 is 3. The molecule has 0 saturated carbocycles. The van der Waals surface area contributed by atoms with Crippen molar-refractivity contribution in [3.8, 4) is 28.7 Å². The fourth-order valence-corrected chi connectivity index (χ4v) is 4.33. The van der Waals surface area contributed by atoms with Crippen molar-refractivity contribution in [2.45, 2.75) is 50.4 Å². The summed E-state index contributed by atoms with van der Waals surface area (Å²) >= 11 is 1.25. The molecule has 2 heterocycles. The maximum Gasteiger partial charge on any atom is 0.277 e. The van der Waals surface area contributed by atoms with E-state index in [-0.39, 0.29) is 23.7 Å². The number of hydrogen-bond donors (Lipinski definition) is 0. The van der Waals surface area contributed by atoms with Gasteiger partial charge in [0.1, 0.15) is 0 Å². The lowest BCUT2D eigenvalue weighted by atomic mass is 9.98. The normalized spacial score (nSPS) is 19.1. The SMILES string of the molecule is COc1cc(-c2nnc(SCC(=O)N3[C@@H](C)CCC[C@@H]3C)o2)cc(OC)c1OC. The van der Waals surface area contributed by atoms with Gasteiger partial charge in [-0.15, -0.1) is 10.2 Å². The molecule has 0 bridgehead atoms. The van der Waals surface area contributed by atoms with Gasteiger partial charge >= 0.3 is 0 Å². The van der Waals surface area contributed by atoms with Gasteiger partial charge in [0.05, 0.1) is 27.1 Å². The van der Waals surface area contributed by atoms with E-state index in [0.29, 0.717) is 33.9 Å². The number of piperidine rings is 1. The van der Waals surface area contributed by atoms with Crippen LogP contribution in [0.5, 0.6) is 17.2 Å². The van der Waals surface area contributed by atoms with Gasteiger partial charge in [-0.2, -0.15) is 0 Å². The van der Waals surface area contributed by atoms with E-state index in [1.54, 1.807) is 33.5 Å². The minimum Gasteiger partial charge on any atom is -0.493 e. The van der Waals surface area contributed by atoms with Crippen LogP contribution in [0.1, 0.15) is 33.1 Å². The molecule has 0 N–H and O–H groups in total. The lowest BCUT2D eigenvalue weighted by Crippen LogP contribution is -2.48. The number of ether oxygens (including phenoxy) is 3. The number of hydrogen-bond acceptors (Lipinski definition) is 8. The van der Waals surface area contributed by atoms with Gasteiger partial charge in [-0.25, -0.2) is 0 Å². The Morgan fingerprint density at radius 1 is 1.10 bits per heavy atom. The highest BCUT2D eigenvalue weighted by Crippen LogP contribution is 2.41. The average molecular weight is 422 g/mol. The molecule has 3 rings (SSSR count). The number of rotatable bonds is 7. The highest BCUT2D eigenvalue weighted by Gasteiger charge is 2.29.